The van der Waals surface area contributed by atoms with Crippen LogP contribution in [0.3, 0.4) is 0 Å². The minimum atomic E-state index is 0.305. The van der Waals surface area contributed by atoms with Gasteiger partial charge in [-0.25, -0.2) is 0 Å². The Morgan fingerprint density at radius 1 is 1.53 bits per heavy atom. The molecule has 0 spiro atoms. The first-order valence-corrected chi connectivity index (χ1v) is 7.25. The molecule has 2 rings (SSSR count). The number of hydrogen-bond donors (Lipinski definition) is 1. The Bertz CT molecular complexity index is 400. The minimum absolute atomic E-state index is 0.305. The van der Waals surface area contributed by atoms with Crippen LogP contribution >= 0.6 is 0 Å². The Balaban J connectivity index is 1.90. The van der Waals surface area contributed by atoms with Crippen LogP contribution in [0.5, 0.6) is 0 Å². The van der Waals surface area contributed by atoms with E-state index in [0.29, 0.717) is 5.54 Å². The van der Waals surface area contributed by atoms with Crippen LogP contribution in [0.4, 0.5) is 0 Å². The lowest BCUT2D eigenvalue weighted by Gasteiger charge is -2.45. The van der Waals surface area contributed by atoms with Crippen molar-refractivity contribution in [3.05, 3.63) is 11.9 Å². The lowest BCUT2D eigenvalue weighted by molar-refractivity contribution is 0.0749. The van der Waals surface area contributed by atoms with Crippen LogP contribution in [-0.4, -0.2) is 46.1 Å². The molecule has 1 N–H and O–H groups in total. The van der Waals surface area contributed by atoms with E-state index in [9.17, 15) is 0 Å². The molecule has 0 bridgehead atoms. The molecule has 108 valence electrons. The summed E-state index contributed by atoms with van der Waals surface area (Å²) in [5.41, 5.74) is 1.32. The molecule has 2 unspecified atom stereocenters. The molecule has 0 aliphatic heterocycles. The predicted octanol–water partition coefficient (Wildman–Crippen LogP) is 1.42. The maximum Gasteiger partial charge on any atom is 0.0964 e. The molecule has 0 saturated heterocycles. The van der Waals surface area contributed by atoms with Crippen molar-refractivity contribution in [3.63, 3.8) is 0 Å². The zero-order chi connectivity index (χ0) is 13.9. The average Bonchev–Trinajstić information content (AvgIpc) is 2.75. The van der Waals surface area contributed by atoms with Crippen molar-refractivity contribution in [1.29, 1.82) is 0 Å². The number of hydrogen-bond acceptors (Lipinski definition) is 4. The van der Waals surface area contributed by atoms with Crippen LogP contribution in [0.15, 0.2) is 6.20 Å². The summed E-state index contributed by atoms with van der Waals surface area (Å²) in [7, 11) is 6.32. The summed E-state index contributed by atoms with van der Waals surface area (Å²) in [6.07, 6.45) is 7.26. The first-order valence-electron chi connectivity index (χ1n) is 7.25. The van der Waals surface area contributed by atoms with Crippen LogP contribution in [0, 0.1) is 5.92 Å². The smallest absolute Gasteiger partial charge is 0.0964 e. The molecule has 19 heavy (non-hydrogen) atoms. The highest BCUT2D eigenvalue weighted by Crippen LogP contribution is 2.35. The molecule has 1 fully saturated rings. The van der Waals surface area contributed by atoms with Crippen LogP contribution in [-0.2, 0) is 13.6 Å². The molecule has 1 aromatic heterocycles. The first-order chi connectivity index (χ1) is 9.02. The highest BCUT2D eigenvalue weighted by atomic mass is 15.4. The van der Waals surface area contributed by atoms with Crippen molar-refractivity contribution >= 4 is 0 Å². The fourth-order valence-corrected chi connectivity index (χ4v) is 3.26. The Morgan fingerprint density at radius 2 is 2.32 bits per heavy atom. The second-order valence-electron chi connectivity index (χ2n) is 6.31. The molecule has 5 nitrogen and oxygen atoms in total. The van der Waals surface area contributed by atoms with Crippen LogP contribution < -0.4 is 5.32 Å². The molecule has 1 aliphatic rings. The molecule has 5 heteroatoms. The Labute approximate surface area is 116 Å². The summed E-state index contributed by atoms with van der Waals surface area (Å²) in [5, 5.41) is 11.7. The van der Waals surface area contributed by atoms with Gasteiger partial charge in [0, 0.05) is 31.9 Å². The van der Waals surface area contributed by atoms with E-state index in [2.05, 4.69) is 41.5 Å². The third-order valence-electron chi connectivity index (χ3n) is 4.43. The van der Waals surface area contributed by atoms with Crippen LogP contribution in [0.25, 0.3) is 0 Å². The predicted molar refractivity (Wildman–Crippen MR) is 76.8 cm³/mol. The third-order valence-corrected chi connectivity index (χ3v) is 4.43. The molecule has 0 radical (unpaired) electrons. The molecule has 0 aromatic carbocycles. The summed E-state index contributed by atoms with van der Waals surface area (Å²) in [6.45, 7) is 4.21. The monoisotopic (exact) mass is 265 g/mol. The van der Waals surface area contributed by atoms with Gasteiger partial charge in [-0.05, 0) is 32.9 Å². The van der Waals surface area contributed by atoms with Gasteiger partial charge < -0.3 is 10.2 Å². The van der Waals surface area contributed by atoms with E-state index in [4.69, 9.17) is 0 Å². The van der Waals surface area contributed by atoms with Gasteiger partial charge in [-0.15, -0.1) is 5.10 Å². The van der Waals surface area contributed by atoms with Crippen molar-refractivity contribution in [2.24, 2.45) is 13.0 Å². The molecular formula is C14H27N5. The summed E-state index contributed by atoms with van der Waals surface area (Å²) in [6, 6.07) is 0. The molecule has 1 aromatic rings. The second-order valence-corrected chi connectivity index (χ2v) is 6.31. The van der Waals surface area contributed by atoms with E-state index in [0.717, 1.165) is 24.7 Å². The van der Waals surface area contributed by atoms with E-state index >= 15 is 0 Å². The molecule has 2 atom stereocenters. The van der Waals surface area contributed by atoms with Gasteiger partial charge >= 0.3 is 0 Å². The Morgan fingerprint density at radius 3 is 2.89 bits per heavy atom. The lowest BCUT2D eigenvalue weighted by atomic mass is 9.75. The SMILES string of the molecule is CC1CCCC(CNCc2cn(C)nn2)(N(C)C)C1. The van der Waals surface area contributed by atoms with Gasteiger partial charge in [-0.2, -0.15) is 0 Å². The molecule has 1 aliphatic carbocycles. The minimum Gasteiger partial charge on any atom is -0.309 e. The maximum absolute atomic E-state index is 4.12. The van der Waals surface area contributed by atoms with Gasteiger partial charge in [0.25, 0.3) is 0 Å². The van der Waals surface area contributed by atoms with E-state index in [1.54, 1.807) is 4.68 Å². The van der Waals surface area contributed by atoms with Gasteiger partial charge in [0.15, 0.2) is 0 Å². The Kier molecular flexibility index (Phi) is 4.58. The van der Waals surface area contributed by atoms with Crippen molar-refractivity contribution < 1.29 is 0 Å². The number of nitrogens with one attached hydrogen (secondary N) is 1. The summed E-state index contributed by atoms with van der Waals surface area (Å²) in [5.74, 6) is 0.828. The lowest BCUT2D eigenvalue weighted by Crippen LogP contribution is -2.54. The van der Waals surface area contributed by atoms with E-state index < -0.39 is 0 Å². The van der Waals surface area contributed by atoms with Crippen LogP contribution in [0.1, 0.15) is 38.3 Å². The largest absolute Gasteiger partial charge is 0.309 e. The number of aryl methyl sites for hydroxylation is 1. The molecule has 0 amide bonds. The average molecular weight is 265 g/mol. The summed E-state index contributed by atoms with van der Waals surface area (Å²) >= 11 is 0. The second kappa shape index (κ2) is 6.01. The highest BCUT2D eigenvalue weighted by Gasteiger charge is 2.36. The topological polar surface area (TPSA) is 46.0 Å². The maximum atomic E-state index is 4.12. The zero-order valence-electron chi connectivity index (χ0n) is 12.7. The van der Waals surface area contributed by atoms with Gasteiger partial charge in [-0.1, -0.05) is 25.0 Å². The van der Waals surface area contributed by atoms with Crippen molar-refractivity contribution in [2.45, 2.75) is 44.7 Å². The fraction of sp³-hybridized carbons (Fsp3) is 0.857. The van der Waals surface area contributed by atoms with Gasteiger partial charge in [0.2, 0.25) is 0 Å². The van der Waals surface area contributed by atoms with Gasteiger partial charge in [0.1, 0.15) is 0 Å². The van der Waals surface area contributed by atoms with E-state index in [1.165, 1.54) is 25.7 Å². The zero-order valence-corrected chi connectivity index (χ0v) is 12.7. The molecule has 1 heterocycles. The van der Waals surface area contributed by atoms with Gasteiger partial charge in [0.05, 0.1) is 5.69 Å². The quantitative estimate of drug-likeness (QED) is 0.874. The number of nitrogens with zero attached hydrogens (tertiary/aromatic N) is 4. The number of likely N-dealkylation sites (N-methyl/N-ethyl adjacent to an activating group) is 1. The number of rotatable bonds is 5. The first kappa shape index (κ1) is 14.5. The van der Waals surface area contributed by atoms with Crippen LogP contribution in [0.2, 0.25) is 0 Å². The normalized spacial score (nSPS) is 27.9. The fourth-order valence-electron chi connectivity index (χ4n) is 3.26. The summed E-state index contributed by atoms with van der Waals surface area (Å²) < 4.78 is 1.75. The van der Waals surface area contributed by atoms with Crippen molar-refractivity contribution in [3.8, 4) is 0 Å². The Hall–Kier alpha value is -0.940. The number of aromatic nitrogens is 3. The van der Waals surface area contributed by atoms with Gasteiger partial charge in [-0.3, -0.25) is 4.68 Å². The third kappa shape index (κ3) is 3.54. The van der Waals surface area contributed by atoms with Crippen molar-refractivity contribution in [1.82, 2.24) is 25.2 Å². The molecular weight excluding hydrogens is 238 g/mol. The van der Waals surface area contributed by atoms with E-state index in [1.807, 2.05) is 13.2 Å². The van der Waals surface area contributed by atoms with Crippen molar-refractivity contribution in [2.75, 3.05) is 20.6 Å². The molecule has 1 saturated carbocycles. The highest BCUT2D eigenvalue weighted by molar-refractivity contribution is 4.97. The summed E-state index contributed by atoms with van der Waals surface area (Å²) in [4.78, 5) is 2.41. The van der Waals surface area contributed by atoms with E-state index in [-0.39, 0.29) is 0 Å². The standard InChI is InChI=1S/C14H27N5/c1-12-6-5-7-14(8-12,18(2)3)11-15-9-13-10-19(4)17-16-13/h10,12,15H,5-9,11H2,1-4H3.